The van der Waals surface area contributed by atoms with Gasteiger partial charge in [0, 0.05) is 13.6 Å². The van der Waals surface area contributed by atoms with Crippen LogP contribution in [0.15, 0.2) is 0 Å². The van der Waals surface area contributed by atoms with Gasteiger partial charge in [0.25, 0.3) is 0 Å². The van der Waals surface area contributed by atoms with E-state index in [4.69, 9.17) is 5.11 Å². The first kappa shape index (κ1) is 15.7. The van der Waals surface area contributed by atoms with Crippen LogP contribution in [0, 0.1) is 5.92 Å². The molecule has 100 valence electrons. The van der Waals surface area contributed by atoms with E-state index < -0.39 is 24.1 Å². The van der Waals surface area contributed by atoms with Gasteiger partial charge in [-0.1, -0.05) is 20.3 Å². The average molecular weight is 246 g/mol. The number of nitrogens with zero attached hydrogens (tertiary/aromatic N) is 1. The number of urea groups is 1. The highest BCUT2D eigenvalue weighted by Crippen LogP contribution is 2.03. The molecule has 1 unspecified atom stereocenters. The van der Waals surface area contributed by atoms with Crippen LogP contribution in [0.25, 0.3) is 0 Å². The minimum Gasteiger partial charge on any atom is -0.480 e. The zero-order valence-electron chi connectivity index (χ0n) is 10.8. The number of aliphatic hydroxyl groups excluding tert-OH is 1. The van der Waals surface area contributed by atoms with Gasteiger partial charge >= 0.3 is 12.0 Å². The summed E-state index contributed by atoms with van der Waals surface area (Å²) in [5, 5.41) is 20.3. The first-order valence-electron chi connectivity index (χ1n) is 5.72. The van der Waals surface area contributed by atoms with Crippen LogP contribution in [-0.2, 0) is 4.79 Å². The van der Waals surface area contributed by atoms with Crippen LogP contribution < -0.4 is 5.32 Å². The number of hydrogen-bond donors (Lipinski definition) is 3. The summed E-state index contributed by atoms with van der Waals surface area (Å²) in [6.07, 6.45) is -0.190. The lowest BCUT2D eigenvalue weighted by Gasteiger charge is -2.24. The quantitative estimate of drug-likeness (QED) is 0.637. The van der Waals surface area contributed by atoms with Gasteiger partial charge in [0.15, 0.2) is 6.04 Å². The molecule has 6 nitrogen and oxygen atoms in total. The maximum absolute atomic E-state index is 11.7. The molecule has 0 heterocycles. The van der Waals surface area contributed by atoms with Crippen LogP contribution in [0.5, 0.6) is 0 Å². The van der Waals surface area contributed by atoms with Crippen molar-refractivity contribution >= 4 is 12.0 Å². The molecule has 0 aromatic heterocycles. The number of hydrogen-bond acceptors (Lipinski definition) is 3. The lowest BCUT2D eigenvalue weighted by Crippen LogP contribution is -2.52. The molecule has 0 bridgehead atoms. The number of nitrogens with one attached hydrogen (secondary N) is 1. The second-order valence-corrected chi connectivity index (χ2v) is 4.40. The molecule has 0 saturated carbocycles. The normalized spacial score (nSPS) is 15.8. The van der Waals surface area contributed by atoms with Crippen molar-refractivity contribution < 1.29 is 19.8 Å². The lowest BCUT2D eigenvalue weighted by atomic mass is 10.1. The minimum absolute atomic E-state index is 0.348. The Morgan fingerprint density at radius 1 is 1.35 bits per heavy atom. The Labute approximate surface area is 102 Å². The molecule has 0 fully saturated rings. The van der Waals surface area contributed by atoms with E-state index in [0.29, 0.717) is 12.5 Å². The Bertz CT molecular complexity index is 268. The number of carbonyl (C=O) groups excluding carboxylic acids is 1. The van der Waals surface area contributed by atoms with Crippen LogP contribution in [0.2, 0.25) is 0 Å². The SMILES string of the molecule is CCC(C)CN(C)C(=O)N[C@H](C(=O)O)[C@@H](C)O. The van der Waals surface area contributed by atoms with E-state index in [0.717, 1.165) is 6.42 Å². The van der Waals surface area contributed by atoms with Gasteiger partial charge in [-0.15, -0.1) is 0 Å². The Morgan fingerprint density at radius 3 is 2.24 bits per heavy atom. The first-order chi connectivity index (χ1) is 7.79. The second kappa shape index (κ2) is 7.11. The molecule has 2 amide bonds. The van der Waals surface area contributed by atoms with E-state index in [1.54, 1.807) is 7.05 Å². The number of carboxylic acids is 1. The first-order valence-corrected chi connectivity index (χ1v) is 5.72. The van der Waals surface area contributed by atoms with Gasteiger partial charge in [0.05, 0.1) is 6.10 Å². The number of carbonyl (C=O) groups is 2. The number of amides is 2. The molecule has 0 saturated heterocycles. The number of rotatable bonds is 6. The van der Waals surface area contributed by atoms with Crippen molar-refractivity contribution in [2.24, 2.45) is 5.92 Å². The molecule has 3 atom stereocenters. The molecule has 17 heavy (non-hydrogen) atoms. The third-order valence-corrected chi connectivity index (χ3v) is 2.66. The Kier molecular flexibility index (Phi) is 6.57. The fourth-order valence-corrected chi connectivity index (χ4v) is 1.31. The van der Waals surface area contributed by atoms with Crippen molar-refractivity contribution in [3.8, 4) is 0 Å². The summed E-state index contributed by atoms with van der Waals surface area (Å²) >= 11 is 0. The average Bonchev–Trinajstić information content (AvgIpc) is 2.23. The summed E-state index contributed by atoms with van der Waals surface area (Å²) < 4.78 is 0. The molecule has 0 aliphatic heterocycles. The van der Waals surface area contributed by atoms with Crippen molar-refractivity contribution in [2.75, 3.05) is 13.6 Å². The molecule has 3 N–H and O–H groups in total. The van der Waals surface area contributed by atoms with E-state index in [1.165, 1.54) is 11.8 Å². The van der Waals surface area contributed by atoms with Crippen molar-refractivity contribution in [1.82, 2.24) is 10.2 Å². The van der Waals surface area contributed by atoms with Crippen molar-refractivity contribution in [1.29, 1.82) is 0 Å². The minimum atomic E-state index is -1.28. The molecular formula is C11H22N2O4. The lowest BCUT2D eigenvalue weighted by molar-refractivity contribution is -0.141. The third-order valence-electron chi connectivity index (χ3n) is 2.66. The highest BCUT2D eigenvalue weighted by atomic mass is 16.4. The maximum atomic E-state index is 11.7. The van der Waals surface area contributed by atoms with Crippen LogP contribution in [0.4, 0.5) is 4.79 Å². The van der Waals surface area contributed by atoms with Gasteiger partial charge in [-0.25, -0.2) is 9.59 Å². The zero-order valence-corrected chi connectivity index (χ0v) is 10.8. The second-order valence-electron chi connectivity index (χ2n) is 4.40. The Morgan fingerprint density at radius 2 is 1.88 bits per heavy atom. The molecule has 0 radical (unpaired) electrons. The molecule has 0 rings (SSSR count). The van der Waals surface area contributed by atoms with Gasteiger partial charge in [0.1, 0.15) is 0 Å². The van der Waals surface area contributed by atoms with Gasteiger partial charge in [0.2, 0.25) is 0 Å². The van der Waals surface area contributed by atoms with E-state index in [2.05, 4.69) is 5.32 Å². The van der Waals surface area contributed by atoms with Gasteiger partial charge < -0.3 is 20.4 Å². The highest BCUT2D eigenvalue weighted by Gasteiger charge is 2.26. The van der Waals surface area contributed by atoms with Crippen LogP contribution in [0.1, 0.15) is 27.2 Å². The Balaban J connectivity index is 4.36. The number of aliphatic hydroxyl groups is 1. The predicted octanol–water partition coefficient (Wildman–Crippen LogP) is 0.508. The van der Waals surface area contributed by atoms with E-state index in [-0.39, 0.29) is 0 Å². The van der Waals surface area contributed by atoms with Crippen molar-refractivity contribution in [3.05, 3.63) is 0 Å². The fraction of sp³-hybridized carbons (Fsp3) is 0.818. The zero-order chi connectivity index (χ0) is 13.6. The summed E-state index contributed by atoms with van der Waals surface area (Å²) in [6, 6.07) is -1.76. The maximum Gasteiger partial charge on any atom is 0.328 e. The highest BCUT2D eigenvalue weighted by molar-refractivity contribution is 5.82. The van der Waals surface area contributed by atoms with Gasteiger partial charge in [-0.2, -0.15) is 0 Å². The molecule has 0 spiro atoms. The molecule has 0 aliphatic carbocycles. The van der Waals surface area contributed by atoms with Gasteiger partial charge in [-0.3, -0.25) is 0 Å². The van der Waals surface area contributed by atoms with Crippen LogP contribution in [0.3, 0.4) is 0 Å². The Hall–Kier alpha value is -1.30. The molecule has 0 aromatic rings. The third kappa shape index (κ3) is 5.53. The monoisotopic (exact) mass is 246 g/mol. The fourth-order valence-electron chi connectivity index (χ4n) is 1.31. The standard InChI is InChI=1S/C11H22N2O4/c1-5-7(2)6-13(4)11(17)12-9(8(3)14)10(15)16/h7-9,14H,5-6H2,1-4H3,(H,12,17)(H,15,16)/t7?,8-,9+/m1/s1. The smallest absolute Gasteiger partial charge is 0.328 e. The largest absolute Gasteiger partial charge is 0.480 e. The molecular weight excluding hydrogens is 224 g/mol. The van der Waals surface area contributed by atoms with Crippen molar-refractivity contribution in [3.63, 3.8) is 0 Å². The summed E-state index contributed by atoms with van der Waals surface area (Å²) in [7, 11) is 1.60. The molecule has 0 aliphatic rings. The molecule has 6 heteroatoms. The predicted molar refractivity (Wildman–Crippen MR) is 63.7 cm³/mol. The van der Waals surface area contributed by atoms with Gasteiger partial charge in [-0.05, 0) is 12.8 Å². The number of aliphatic carboxylic acids is 1. The molecule has 0 aromatic carbocycles. The summed E-state index contributed by atoms with van der Waals surface area (Å²) in [6.45, 7) is 5.90. The van der Waals surface area contributed by atoms with E-state index >= 15 is 0 Å². The summed E-state index contributed by atoms with van der Waals surface area (Å²) in [5.41, 5.74) is 0. The van der Waals surface area contributed by atoms with Crippen molar-refractivity contribution in [2.45, 2.75) is 39.3 Å². The number of carboxylic acid groups (broad SMARTS) is 1. The van der Waals surface area contributed by atoms with Crippen LogP contribution in [-0.4, -0.2) is 52.9 Å². The topological polar surface area (TPSA) is 89.9 Å². The van der Waals surface area contributed by atoms with E-state index in [9.17, 15) is 14.7 Å². The summed E-state index contributed by atoms with van der Waals surface area (Å²) in [5.74, 6) is -0.897. The van der Waals surface area contributed by atoms with Crippen LogP contribution >= 0.6 is 0 Å². The summed E-state index contributed by atoms with van der Waals surface area (Å²) in [4.78, 5) is 23.9. The van der Waals surface area contributed by atoms with E-state index in [1.807, 2.05) is 13.8 Å².